The number of aliphatic hydroxyl groups is 1. The Kier molecular flexibility index (Phi) is 4.87. The summed E-state index contributed by atoms with van der Waals surface area (Å²) in [7, 11) is 2.21. The largest absolute Gasteiger partial charge is 0.392 e. The molecule has 2 heteroatoms. The SMILES string of the molecule is CCC1CCC(N(C)c2ccc(CO)c(C)c2)CC1. The van der Waals surface area contributed by atoms with Gasteiger partial charge in [-0.1, -0.05) is 19.4 Å². The summed E-state index contributed by atoms with van der Waals surface area (Å²) < 4.78 is 0. The predicted octanol–water partition coefficient (Wildman–Crippen LogP) is 3.89. The Morgan fingerprint density at radius 2 is 1.89 bits per heavy atom. The average Bonchev–Trinajstić information content (AvgIpc) is 2.46. The molecule has 1 aliphatic rings. The van der Waals surface area contributed by atoms with E-state index in [9.17, 15) is 5.11 Å². The van der Waals surface area contributed by atoms with E-state index in [0.717, 1.165) is 11.5 Å². The maximum absolute atomic E-state index is 9.24. The molecule has 1 aromatic rings. The molecule has 0 bridgehead atoms. The standard InChI is InChI=1S/C17H27NO/c1-4-14-5-8-16(9-6-14)18(3)17-10-7-15(12-19)13(2)11-17/h7,10-11,14,16,19H,4-6,8-9,12H2,1-3H3. The van der Waals surface area contributed by atoms with Crippen LogP contribution in [0.5, 0.6) is 0 Å². The zero-order chi connectivity index (χ0) is 13.8. The molecule has 0 heterocycles. The van der Waals surface area contributed by atoms with Crippen LogP contribution >= 0.6 is 0 Å². The number of aryl methyl sites for hydroxylation is 1. The van der Waals surface area contributed by atoms with E-state index in [-0.39, 0.29) is 6.61 Å². The Labute approximate surface area is 117 Å². The van der Waals surface area contributed by atoms with Gasteiger partial charge in [0.05, 0.1) is 6.61 Å². The van der Waals surface area contributed by atoms with Crippen molar-refractivity contribution in [3.8, 4) is 0 Å². The van der Waals surface area contributed by atoms with E-state index in [4.69, 9.17) is 0 Å². The third-order valence-corrected chi connectivity index (χ3v) is 4.85. The van der Waals surface area contributed by atoms with Gasteiger partial charge in [-0.15, -0.1) is 0 Å². The summed E-state index contributed by atoms with van der Waals surface area (Å²) >= 11 is 0. The van der Waals surface area contributed by atoms with E-state index < -0.39 is 0 Å². The second-order valence-electron chi connectivity index (χ2n) is 5.96. The highest BCUT2D eigenvalue weighted by Gasteiger charge is 2.23. The summed E-state index contributed by atoms with van der Waals surface area (Å²) in [6.45, 7) is 4.53. The van der Waals surface area contributed by atoms with E-state index >= 15 is 0 Å². The van der Waals surface area contributed by atoms with Gasteiger partial charge in [0.15, 0.2) is 0 Å². The number of benzene rings is 1. The van der Waals surface area contributed by atoms with Crippen LogP contribution < -0.4 is 4.90 Å². The molecule has 0 aliphatic heterocycles. The van der Waals surface area contributed by atoms with Crippen molar-refractivity contribution in [2.75, 3.05) is 11.9 Å². The average molecular weight is 261 g/mol. The summed E-state index contributed by atoms with van der Waals surface area (Å²) in [5.74, 6) is 0.947. The first-order valence-electron chi connectivity index (χ1n) is 7.59. The summed E-state index contributed by atoms with van der Waals surface area (Å²) in [5, 5.41) is 9.24. The van der Waals surface area contributed by atoms with Gasteiger partial charge in [0.1, 0.15) is 0 Å². The van der Waals surface area contributed by atoms with Crippen molar-refractivity contribution in [1.29, 1.82) is 0 Å². The third kappa shape index (κ3) is 3.30. The monoisotopic (exact) mass is 261 g/mol. The predicted molar refractivity (Wildman–Crippen MR) is 81.5 cm³/mol. The second-order valence-corrected chi connectivity index (χ2v) is 5.96. The molecule has 106 valence electrons. The Balaban J connectivity index is 2.03. The molecule has 2 nitrogen and oxygen atoms in total. The summed E-state index contributed by atoms with van der Waals surface area (Å²) in [5.41, 5.74) is 3.51. The van der Waals surface area contributed by atoms with Crippen LogP contribution in [0.15, 0.2) is 18.2 Å². The lowest BCUT2D eigenvalue weighted by atomic mass is 9.84. The van der Waals surface area contributed by atoms with Crippen LogP contribution in [0.4, 0.5) is 5.69 Å². The van der Waals surface area contributed by atoms with E-state index in [0.29, 0.717) is 6.04 Å². The maximum Gasteiger partial charge on any atom is 0.0684 e. The lowest BCUT2D eigenvalue weighted by Gasteiger charge is -2.36. The minimum Gasteiger partial charge on any atom is -0.392 e. The van der Waals surface area contributed by atoms with Crippen LogP contribution in [0, 0.1) is 12.8 Å². The molecule has 1 fully saturated rings. The normalized spacial score (nSPS) is 23.4. The molecule has 0 atom stereocenters. The van der Waals surface area contributed by atoms with Crippen LogP contribution in [-0.2, 0) is 6.61 Å². The van der Waals surface area contributed by atoms with E-state index in [1.165, 1.54) is 43.4 Å². The lowest BCUT2D eigenvalue weighted by molar-refractivity contribution is 0.281. The van der Waals surface area contributed by atoms with Gasteiger partial charge in [-0.25, -0.2) is 0 Å². The second kappa shape index (κ2) is 6.42. The van der Waals surface area contributed by atoms with Crippen molar-refractivity contribution in [2.45, 2.75) is 58.6 Å². The van der Waals surface area contributed by atoms with Gasteiger partial charge in [0.25, 0.3) is 0 Å². The highest BCUT2D eigenvalue weighted by Crippen LogP contribution is 2.31. The molecule has 0 aromatic heterocycles. The van der Waals surface area contributed by atoms with Crippen molar-refractivity contribution in [3.05, 3.63) is 29.3 Å². The lowest BCUT2D eigenvalue weighted by Crippen LogP contribution is -2.35. The highest BCUT2D eigenvalue weighted by atomic mass is 16.3. The molecule has 0 radical (unpaired) electrons. The molecule has 1 saturated carbocycles. The number of rotatable bonds is 4. The fraction of sp³-hybridized carbons (Fsp3) is 0.647. The van der Waals surface area contributed by atoms with Gasteiger partial charge < -0.3 is 10.0 Å². The van der Waals surface area contributed by atoms with Crippen LogP contribution in [0.3, 0.4) is 0 Å². The quantitative estimate of drug-likeness (QED) is 0.888. The summed E-state index contributed by atoms with van der Waals surface area (Å²) in [4.78, 5) is 2.43. The first-order chi connectivity index (χ1) is 9.15. The van der Waals surface area contributed by atoms with Gasteiger partial charge in [-0.2, -0.15) is 0 Å². The number of aliphatic hydroxyl groups excluding tert-OH is 1. The summed E-state index contributed by atoms with van der Waals surface area (Å²) in [6.07, 6.45) is 6.71. The molecule has 0 unspecified atom stereocenters. The Bertz CT molecular complexity index is 408. The number of hydrogen-bond acceptors (Lipinski definition) is 2. The van der Waals surface area contributed by atoms with Gasteiger partial charge in [-0.3, -0.25) is 0 Å². The van der Waals surface area contributed by atoms with Crippen molar-refractivity contribution in [3.63, 3.8) is 0 Å². The summed E-state index contributed by atoms with van der Waals surface area (Å²) in [6, 6.07) is 7.09. The third-order valence-electron chi connectivity index (χ3n) is 4.85. The first-order valence-corrected chi connectivity index (χ1v) is 7.59. The number of anilines is 1. The van der Waals surface area contributed by atoms with E-state index in [2.05, 4.69) is 44.0 Å². The molecule has 1 aliphatic carbocycles. The van der Waals surface area contributed by atoms with Gasteiger partial charge in [-0.05, 0) is 61.8 Å². The molecule has 0 amide bonds. The van der Waals surface area contributed by atoms with Crippen molar-refractivity contribution >= 4 is 5.69 Å². The van der Waals surface area contributed by atoms with Crippen LogP contribution in [0.1, 0.15) is 50.2 Å². The minimum absolute atomic E-state index is 0.136. The Morgan fingerprint density at radius 3 is 2.42 bits per heavy atom. The maximum atomic E-state index is 9.24. The zero-order valence-corrected chi connectivity index (χ0v) is 12.5. The Morgan fingerprint density at radius 1 is 1.21 bits per heavy atom. The van der Waals surface area contributed by atoms with Crippen molar-refractivity contribution in [1.82, 2.24) is 0 Å². The van der Waals surface area contributed by atoms with Crippen molar-refractivity contribution in [2.24, 2.45) is 5.92 Å². The van der Waals surface area contributed by atoms with Crippen molar-refractivity contribution < 1.29 is 5.11 Å². The molecule has 2 rings (SSSR count). The molecular formula is C17H27NO. The topological polar surface area (TPSA) is 23.5 Å². The fourth-order valence-corrected chi connectivity index (χ4v) is 3.23. The van der Waals surface area contributed by atoms with Crippen LogP contribution in [0.2, 0.25) is 0 Å². The van der Waals surface area contributed by atoms with E-state index in [1.54, 1.807) is 0 Å². The molecular weight excluding hydrogens is 234 g/mol. The highest BCUT2D eigenvalue weighted by molar-refractivity contribution is 5.51. The van der Waals surface area contributed by atoms with Gasteiger partial charge in [0.2, 0.25) is 0 Å². The van der Waals surface area contributed by atoms with Crippen LogP contribution in [-0.4, -0.2) is 18.2 Å². The number of nitrogens with zero attached hydrogens (tertiary/aromatic N) is 1. The van der Waals surface area contributed by atoms with E-state index in [1.807, 2.05) is 0 Å². The molecule has 1 N–H and O–H groups in total. The van der Waals surface area contributed by atoms with Gasteiger partial charge >= 0.3 is 0 Å². The minimum atomic E-state index is 0.136. The van der Waals surface area contributed by atoms with Gasteiger partial charge in [0, 0.05) is 18.8 Å². The fourth-order valence-electron chi connectivity index (χ4n) is 3.23. The smallest absolute Gasteiger partial charge is 0.0684 e. The molecule has 19 heavy (non-hydrogen) atoms. The molecule has 1 aromatic carbocycles. The molecule has 0 spiro atoms. The number of hydrogen-bond donors (Lipinski definition) is 1. The molecule has 0 saturated heterocycles. The van der Waals surface area contributed by atoms with Crippen LogP contribution in [0.25, 0.3) is 0 Å². The first kappa shape index (κ1) is 14.4. The Hall–Kier alpha value is -1.02. The zero-order valence-electron chi connectivity index (χ0n) is 12.5.